The molecule has 3 heterocycles. The van der Waals surface area contributed by atoms with E-state index in [1.54, 1.807) is 21.9 Å². The first kappa shape index (κ1) is 19.4. The molecule has 0 saturated carbocycles. The van der Waals surface area contributed by atoms with Crippen LogP contribution in [0.25, 0.3) is 0 Å². The van der Waals surface area contributed by atoms with Crippen LogP contribution in [-0.2, 0) is 32.5 Å². The maximum absolute atomic E-state index is 13.2. The number of carbonyl (C=O) groups excluding carboxylic acids is 2. The molecule has 1 saturated heterocycles. The van der Waals surface area contributed by atoms with Gasteiger partial charge >= 0.3 is 0 Å². The molecule has 0 aromatic heterocycles. The van der Waals surface area contributed by atoms with Crippen molar-refractivity contribution in [3.05, 3.63) is 23.3 Å². The van der Waals surface area contributed by atoms with Crippen LogP contribution in [0.15, 0.2) is 17.0 Å². The van der Waals surface area contributed by atoms with Crippen LogP contribution < -0.4 is 4.90 Å². The summed E-state index contributed by atoms with van der Waals surface area (Å²) in [4.78, 5) is 28.1. The Morgan fingerprint density at radius 1 is 1.00 bits per heavy atom. The van der Waals surface area contributed by atoms with Crippen LogP contribution in [0.4, 0.5) is 5.69 Å². The summed E-state index contributed by atoms with van der Waals surface area (Å²) in [7, 11) is -3.60. The lowest BCUT2D eigenvalue weighted by Crippen LogP contribution is -2.50. The van der Waals surface area contributed by atoms with Crippen molar-refractivity contribution in [3.8, 4) is 0 Å². The number of carbonyl (C=O) groups is 2. The first-order chi connectivity index (χ1) is 13.4. The molecule has 0 bridgehead atoms. The molecule has 28 heavy (non-hydrogen) atoms. The predicted octanol–water partition coefficient (Wildman–Crippen LogP) is 1.55. The number of nitrogens with zero attached hydrogens (tertiary/aromatic N) is 3. The first-order valence-electron chi connectivity index (χ1n) is 10.2. The van der Waals surface area contributed by atoms with E-state index in [9.17, 15) is 18.0 Å². The summed E-state index contributed by atoms with van der Waals surface area (Å²) in [5.74, 6) is 0.247. The van der Waals surface area contributed by atoms with Gasteiger partial charge in [0, 0.05) is 45.6 Å². The first-order valence-corrected chi connectivity index (χ1v) is 11.6. The smallest absolute Gasteiger partial charge is 0.243 e. The molecule has 0 radical (unpaired) electrons. The third-order valence-corrected chi connectivity index (χ3v) is 7.87. The van der Waals surface area contributed by atoms with E-state index in [0.29, 0.717) is 63.3 Å². The number of hydrogen-bond donors (Lipinski definition) is 0. The zero-order valence-electron chi connectivity index (χ0n) is 16.3. The third-order valence-electron chi connectivity index (χ3n) is 6.00. The number of piperazine rings is 1. The lowest BCUT2D eigenvalue weighted by molar-refractivity contribution is -0.132. The second-order valence-electron chi connectivity index (χ2n) is 7.77. The van der Waals surface area contributed by atoms with Crippen molar-refractivity contribution < 1.29 is 18.0 Å². The van der Waals surface area contributed by atoms with Gasteiger partial charge in [0.05, 0.1) is 10.6 Å². The highest BCUT2D eigenvalue weighted by molar-refractivity contribution is 7.89. The number of aryl methyl sites for hydroxylation is 1. The average molecular weight is 406 g/mol. The van der Waals surface area contributed by atoms with Gasteiger partial charge in [0.25, 0.3) is 0 Å². The van der Waals surface area contributed by atoms with E-state index in [1.165, 1.54) is 4.31 Å². The summed E-state index contributed by atoms with van der Waals surface area (Å²) in [6.45, 7) is 4.25. The van der Waals surface area contributed by atoms with Crippen LogP contribution in [0.5, 0.6) is 0 Å². The highest BCUT2D eigenvalue weighted by Crippen LogP contribution is 2.39. The number of amides is 2. The van der Waals surface area contributed by atoms with Gasteiger partial charge in [-0.2, -0.15) is 4.31 Å². The molecule has 1 aromatic rings. The Hall–Kier alpha value is -1.93. The number of anilines is 1. The van der Waals surface area contributed by atoms with Crippen molar-refractivity contribution in [2.24, 2.45) is 0 Å². The Kier molecular flexibility index (Phi) is 5.18. The van der Waals surface area contributed by atoms with E-state index >= 15 is 0 Å². The minimum atomic E-state index is -3.60. The molecular formula is C20H27N3O4S. The maximum atomic E-state index is 13.2. The minimum Gasteiger partial charge on any atom is -0.340 e. The van der Waals surface area contributed by atoms with E-state index in [4.69, 9.17) is 0 Å². The highest BCUT2D eigenvalue weighted by Gasteiger charge is 2.35. The molecule has 0 aliphatic carbocycles. The Balaban J connectivity index is 1.51. The van der Waals surface area contributed by atoms with E-state index < -0.39 is 10.0 Å². The standard InChI is InChI=1S/C20H27N3O4S/c1-2-3-4-18(24)21-9-11-22(12-10-21)28(26,27)17-13-15-5-6-19(25)23-8-7-16(14-17)20(15)23/h13-14H,2-12H2,1H3. The van der Waals surface area contributed by atoms with Gasteiger partial charge in [-0.3, -0.25) is 9.59 Å². The van der Waals surface area contributed by atoms with E-state index in [2.05, 4.69) is 6.92 Å². The minimum absolute atomic E-state index is 0.116. The predicted molar refractivity (Wildman–Crippen MR) is 106 cm³/mol. The van der Waals surface area contributed by atoms with Gasteiger partial charge in [0.1, 0.15) is 0 Å². The zero-order valence-corrected chi connectivity index (χ0v) is 17.1. The Labute approximate surface area is 166 Å². The molecule has 7 nitrogen and oxygen atoms in total. The van der Waals surface area contributed by atoms with Gasteiger partial charge < -0.3 is 9.80 Å². The van der Waals surface area contributed by atoms with Gasteiger partial charge in [-0.05, 0) is 42.5 Å². The highest BCUT2D eigenvalue weighted by atomic mass is 32.2. The fourth-order valence-corrected chi connectivity index (χ4v) is 5.91. The largest absolute Gasteiger partial charge is 0.340 e. The van der Waals surface area contributed by atoms with Gasteiger partial charge in [-0.15, -0.1) is 0 Å². The van der Waals surface area contributed by atoms with E-state index in [1.807, 2.05) is 0 Å². The summed E-state index contributed by atoms with van der Waals surface area (Å²) in [5, 5.41) is 0. The molecule has 152 valence electrons. The number of rotatable bonds is 5. The number of sulfonamides is 1. The molecule has 0 atom stereocenters. The number of benzene rings is 1. The normalized spacial score (nSPS) is 19.8. The van der Waals surface area contributed by atoms with Crippen LogP contribution in [0, 0.1) is 0 Å². The second-order valence-corrected chi connectivity index (χ2v) is 9.71. The summed E-state index contributed by atoms with van der Waals surface area (Å²) < 4.78 is 27.9. The summed E-state index contributed by atoms with van der Waals surface area (Å²) in [6, 6.07) is 3.49. The van der Waals surface area contributed by atoms with Gasteiger partial charge in [-0.1, -0.05) is 13.3 Å². The van der Waals surface area contributed by atoms with Crippen LogP contribution >= 0.6 is 0 Å². The molecule has 0 spiro atoms. The van der Waals surface area contributed by atoms with Crippen molar-refractivity contribution in [1.82, 2.24) is 9.21 Å². The van der Waals surface area contributed by atoms with E-state index in [-0.39, 0.29) is 11.8 Å². The molecule has 0 unspecified atom stereocenters. The fraction of sp³-hybridized carbons (Fsp3) is 0.600. The van der Waals surface area contributed by atoms with Crippen molar-refractivity contribution in [2.45, 2.75) is 50.3 Å². The van der Waals surface area contributed by atoms with Gasteiger partial charge in [0.15, 0.2) is 0 Å². The summed E-state index contributed by atoms with van der Waals surface area (Å²) in [6.07, 6.45) is 4.12. The quantitative estimate of drug-likeness (QED) is 0.745. The monoisotopic (exact) mass is 405 g/mol. The van der Waals surface area contributed by atoms with Crippen LogP contribution in [0.3, 0.4) is 0 Å². The number of hydrogen-bond acceptors (Lipinski definition) is 4. The SMILES string of the molecule is CCCCC(=O)N1CCN(S(=O)(=O)c2cc3c4c(c2)CCN4C(=O)CC3)CC1. The lowest BCUT2D eigenvalue weighted by atomic mass is 10.00. The van der Waals surface area contributed by atoms with E-state index in [0.717, 1.165) is 29.7 Å². The van der Waals surface area contributed by atoms with Crippen molar-refractivity contribution >= 4 is 27.5 Å². The van der Waals surface area contributed by atoms with Gasteiger partial charge in [-0.25, -0.2) is 8.42 Å². The molecule has 8 heteroatoms. The maximum Gasteiger partial charge on any atom is 0.243 e. The fourth-order valence-electron chi connectivity index (χ4n) is 4.39. The van der Waals surface area contributed by atoms with Crippen molar-refractivity contribution in [3.63, 3.8) is 0 Å². The van der Waals surface area contributed by atoms with Crippen LogP contribution in [0.2, 0.25) is 0 Å². The molecule has 0 N–H and O–H groups in total. The van der Waals surface area contributed by atoms with Crippen molar-refractivity contribution in [1.29, 1.82) is 0 Å². The third kappa shape index (κ3) is 3.33. The van der Waals surface area contributed by atoms with Gasteiger partial charge in [0.2, 0.25) is 21.8 Å². The molecule has 1 fully saturated rings. The Morgan fingerprint density at radius 3 is 2.36 bits per heavy atom. The summed E-state index contributed by atoms with van der Waals surface area (Å²) >= 11 is 0. The molecule has 3 aliphatic heterocycles. The molecular weight excluding hydrogens is 378 g/mol. The molecule has 3 aliphatic rings. The molecule has 4 rings (SSSR count). The lowest BCUT2D eigenvalue weighted by Gasteiger charge is -2.34. The summed E-state index contributed by atoms with van der Waals surface area (Å²) in [5.41, 5.74) is 2.85. The Bertz CT molecular complexity index is 904. The molecule has 1 aromatic carbocycles. The van der Waals surface area contributed by atoms with Crippen molar-refractivity contribution in [2.75, 3.05) is 37.6 Å². The average Bonchev–Trinajstić information content (AvgIpc) is 3.14. The topological polar surface area (TPSA) is 78.0 Å². The number of unbranched alkanes of at least 4 members (excludes halogenated alkanes) is 1. The zero-order chi connectivity index (χ0) is 19.9. The molecule has 2 amide bonds. The van der Waals surface area contributed by atoms with Crippen LogP contribution in [0.1, 0.15) is 43.7 Å². The Morgan fingerprint density at radius 2 is 1.68 bits per heavy atom. The van der Waals surface area contributed by atoms with Crippen LogP contribution in [-0.4, -0.2) is 62.2 Å². The second kappa shape index (κ2) is 7.48.